The minimum absolute atomic E-state index is 0.274. The van der Waals surface area contributed by atoms with Gasteiger partial charge in [0.2, 0.25) is 0 Å². The Morgan fingerprint density at radius 3 is 2.60 bits per heavy atom. The fourth-order valence-electron chi connectivity index (χ4n) is 1.31. The van der Waals surface area contributed by atoms with Gasteiger partial charge in [0.05, 0.1) is 6.10 Å². The van der Waals surface area contributed by atoms with E-state index < -0.39 is 17.7 Å². The number of aliphatic hydroxyl groups is 1. The molecule has 84 valence electrons. The minimum Gasteiger partial charge on any atom is -0.392 e. The highest BCUT2D eigenvalue weighted by atomic mass is 19.2. The molecule has 0 bridgehead atoms. The first kappa shape index (κ1) is 12.1. The van der Waals surface area contributed by atoms with Crippen molar-refractivity contribution in [3.8, 4) is 0 Å². The van der Waals surface area contributed by atoms with Gasteiger partial charge in [-0.15, -0.1) is 0 Å². The molecule has 0 aliphatic rings. The Labute approximate surface area is 87.9 Å². The topological polar surface area (TPSA) is 32.3 Å². The lowest BCUT2D eigenvalue weighted by atomic mass is 10.1. The quantitative estimate of drug-likeness (QED) is 0.805. The molecule has 0 saturated heterocycles. The molecule has 0 aromatic heterocycles. The van der Waals surface area contributed by atoms with Crippen molar-refractivity contribution in [3.05, 3.63) is 35.4 Å². The van der Waals surface area contributed by atoms with Crippen molar-refractivity contribution in [2.45, 2.75) is 26.0 Å². The van der Waals surface area contributed by atoms with Gasteiger partial charge < -0.3 is 10.4 Å². The Balaban J connectivity index is 2.73. The van der Waals surface area contributed by atoms with Gasteiger partial charge in [-0.05, 0) is 19.9 Å². The van der Waals surface area contributed by atoms with E-state index in [0.29, 0.717) is 6.54 Å². The Kier molecular flexibility index (Phi) is 4.17. The van der Waals surface area contributed by atoms with Gasteiger partial charge in [-0.25, -0.2) is 8.78 Å². The van der Waals surface area contributed by atoms with Crippen molar-refractivity contribution in [1.29, 1.82) is 0 Å². The molecular formula is C11H15F2NO. The number of aliphatic hydroxyl groups excluding tert-OH is 1. The Hall–Kier alpha value is -1.00. The van der Waals surface area contributed by atoms with E-state index in [1.54, 1.807) is 13.8 Å². The van der Waals surface area contributed by atoms with Crippen molar-refractivity contribution in [2.75, 3.05) is 6.54 Å². The monoisotopic (exact) mass is 215 g/mol. The summed E-state index contributed by atoms with van der Waals surface area (Å²) in [5.74, 6) is -1.68. The molecule has 1 aromatic carbocycles. The molecule has 2 atom stereocenters. The smallest absolute Gasteiger partial charge is 0.163 e. The van der Waals surface area contributed by atoms with Gasteiger partial charge in [0.1, 0.15) is 0 Å². The molecule has 0 aliphatic carbocycles. The molecule has 2 unspecified atom stereocenters. The average Bonchev–Trinajstić information content (AvgIpc) is 2.18. The zero-order valence-corrected chi connectivity index (χ0v) is 8.80. The lowest BCUT2D eigenvalue weighted by Gasteiger charge is -2.16. The van der Waals surface area contributed by atoms with Crippen LogP contribution in [0.4, 0.5) is 8.78 Å². The van der Waals surface area contributed by atoms with Crippen LogP contribution in [0.5, 0.6) is 0 Å². The maximum Gasteiger partial charge on any atom is 0.163 e. The van der Waals surface area contributed by atoms with E-state index in [9.17, 15) is 8.78 Å². The van der Waals surface area contributed by atoms with Crippen molar-refractivity contribution in [3.63, 3.8) is 0 Å². The first-order valence-electron chi connectivity index (χ1n) is 4.87. The van der Waals surface area contributed by atoms with Crippen LogP contribution >= 0.6 is 0 Å². The fourth-order valence-corrected chi connectivity index (χ4v) is 1.31. The Morgan fingerprint density at radius 2 is 2.00 bits per heavy atom. The zero-order valence-electron chi connectivity index (χ0n) is 8.80. The summed E-state index contributed by atoms with van der Waals surface area (Å²) < 4.78 is 26.2. The second kappa shape index (κ2) is 5.19. The lowest BCUT2D eigenvalue weighted by Crippen LogP contribution is -2.27. The van der Waals surface area contributed by atoms with Crippen LogP contribution in [0.1, 0.15) is 25.5 Å². The van der Waals surface area contributed by atoms with Crippen LogP contribution in [0, 0.1) is 11.6 Å². The number of hydrogen-bond acceptors (Lipinski definition) is 2. The van der Waals surface area contributed by atoms with Gasteiger partial charge in [-0.3, -0.25) is 0 Å². The van der Waals surface area contributed by atoms with E-state index in [1.165, 1.54) is 12.1 Å². The third kappa shape index (κ3) is 3.25. The summed E-state index contributed by atoms with van der Waals surface area (Å²) in [6.07, 6.45) is -0.510. The van der Waals surface area contributed by atoms with E-state index in [4.69, 9.17) is 5.11 Å². The minimum atomic E-state index is -0.849. The molecule has 0 spiro atoms. The van der Waals surface area contributed by atoms with Crippen LogP contribution in [-0.2, 0) is 0 Å². The predicted molar refractivity (Wildman–Crippen MR) is 54.5 cm³/mol. The van der Waals surface area contributed by atoms with E-state index in [0.717, 1.165) is 6.07 Å². The summed E-state index contributed by atoms with van der Waals surface area (Å²) in [6.45, 7) is 3.69. The second-order valence-electron chi connectivity index (χ2n) is 3.62. The molecule has 2 N–H and O–H groups in total. The van der Waals surface area contributed by atoms with E-state index in [2.05, 4.69) is 5.32 Å². The standard InChI is InChI=1S/C11H15F2NO/c1-7(15)6-14-8(2)9-4-3-5-10(12)11(9)13/h3-5,7-8,14-15H,6H2,1-2H3. The molecule has 4 heteroatoms. The highest BCUT2D eigenvalue weighted by molar-refractivity contribution is 5.21. The number of hydrogen-bond donors (Lipinski definition) is 2. The molecule has 2 nitrogen and oxygen atoms in total. The number of halogens is 2. The van der Waals surface area contributed by atoms with Crippen LogP contribution in [-0.4, -0.2) is 17.8 Å². The summed E-state index contributed by atoms with van der Waals surface area (Å²) in [4.78, 5) is 0. The maximum absolute atomic E-state index is 13.3. The van der Waals surface area contributed by atoms with Crippen LogP contribution < -0.4 is 5.32 Å². The summed E-state index contributed by atoms with van der Waals surface area (Å²) in [5.41, 5.74) is 0.274. The summed E-state index contributed by atoms with van der Waals surface area (Å²) in [7, 11) is 0. The molecule has 15 heavy (non-hydrogen) atoms. The predicted octanol–water partition coefficient (Wildman–Crippen LogP) is 2.00. The number of nitrogens with one attached hydrogen (secondary N) is 1. The van der Waals surface area contributed by atoms with Gasteiger partial charge >= 0.3 is 0 Å². The Morgan fingerprint density at radius 1 is 1.33 bits per heavy atom. The van der Waals surface area contributed by atoms with Crippen molar-refractivity contribution in [2.24, 2.45) is 0 Å². The maximum atomic E-state index is 13.3. The van der Waals surface area contributed by atoms with Crippen molar-refractivity contribution in [1.82, 2.24) is 5.32 Å². The van der Waals surface area contributed by atoms with E-state index in [1.807, 2.05) is 0 Å². The summed E-state index contributed by atoms with van der Waals surface area (Å²) in [6, 6.07) is 3.75. The largest absolute Gasteiger partial charge is 0.392 e. The fraction of sp³-hybridized carbons (Fsp3) is 0.455. The summed E-state index contributed by atoms with van der Waals surface area (Å²) in [5, 5.41) is 12.0. The van der Waals surface area contributed by atoms with Gasteiger partial charge in [0, 0.05) is 18.2 Å². The zero-order chi connectivity index (χ0) is 11.4. The molecule has 0 radical (unpaired) electrons. The second-order valence-corrected chi connectivity index (χ2v) is 3.62. The van der Waals surface area contributed by atoms with Gasteiger partial charge in [0.15, 0.2) is 11.6 Å². The number of rotatable bonds is 4. The molecule has 0 heterocycles. The van der Waals surface area contributed by atoms with Crippen LogP contribution in [0.15, 0.2) is 18.2 Å². The van der Waals surface area contributed by atoms with Gasteiger partial charge in [0.25, 0.3) is 0 Å². The molecule has 1 rings (SSSR count). The van der Waals surface area contributed by atoms with Crippen LogP contribution in [0.25, 0.3) is 0 Å². The van der Waals surface area contributed by atoms with E-state index >= 15 is 0 Å². The normalized spacial score (nSPS) is 15.0. The first-order chi connectivity index (χ1) is 7.02. The average molecular weight is 215 g/mol. The molecule has 0 fully saturated rings. The van der Waals surface area contributed by atoms with Crippen molar-refractivity contribution < 1.29 is 13.9 Å². The highest BCUT2D eigenvalue weighted by Crippen LogP contribution is 2.18. The molecule has 0 saturated carbocycles. The SMILES string of the molecule is CC(O)CNC(C)c1cccc(F)c1F. The molecule has 0 amide bonds. The summed E-state index contributed by atoms with van der Waals surface area (Å²) >= 11 is 0. The van der Waals surface area contributed by atoms with Gasteiger partial charge in [-0.1, -0.05) is 12.1 Å². The van der Waals surface area contributed by atoms with Crippen molar-refractivity contribution >= 4 is 0 Å². The van der Waals surface area contributed by atoms with E-state index in [-0.39, 0.29) is 11.6 Å². The molecule has 0 aliphatic heterocycles. The third-order valence-electron chi connectivity index (χ3n) is 2.17. The number of benzene rings is 1. The highest BCUT2D eigenvalue weighted by Gasteiger charge is 2.13. The lowest BCUT2D eigenvalue weighted by molar-refractivity contribution is 0.187. The third-order valence-corrected chi connectivity index (χ3v) is 2.17. The van der Waals surface area contributed by atoms with Crippen LogP contribution in [0.3, 0.4) is 0 Å². The molecule has 1 aromatic rings. The Bertz CT molecular complexity index is 328. The van der Waals surface area contributed by atoms with Gasteiger partial charge in [-0.2, -0.15) is 0 Å². The van der Waals surface area contributed by atoms with Crippen LogP contribution in [0.2, 0.25) is 0 Å². The molecular weight excluding hydrogens is 200 g/mol. The first-order valence-corrected chi connectivity index (χ1v) is 4.87.